The fourth-order valence-electron chi connectivity index (χ4n) is 3.75. The number of aromatic nitrogens is 2. The maximum Gasteiger partial charge on any atom is 0.256 e. The average molecular weight is 481 g/mol. The molecular weight excluding hydrogens is 452 g/mol. The summed E-state index contributed by atoms with van der Waals surface area (Å²) in [6.45, 7) is 3.86. The Morgan fingerprint density at radius 1 is 0.778 bits per heavy atom. The van der Waals surface area contributed by atoms with E-state index in [0.717, 1.165) is 28.2 Å². The molecule has 1 amide bonds. The third-order valence-electron chi connectivity index (χ3n) is 5.43. The highest BCUT2D eigenvalue weighted by molar-refractivity contribution is 6.29. The van der Waals surface area contributed by atoms with Crippen LogP contribution in [0.5, 0.6) is 11.5 Å². The first-order valence-corrected chi connectivity index (χ1v) is 11.4. The van der Waals surface area contributed by atoms with Gasteiger partial charge in [-0.2, -0.15) is 0 Å². The van der Waals surface area contributed by atoms with Crippen molar-refractivity contribution in [1.29, 1.82) is 0 Å². The van der Waals surface area contributed by atoms with E-state index in [1.165, 1.54) is 0 Å². The van der Waals surface area contributed by atoms with Gasteiger partial charge in [-0.1, -0.05) is 36.4 Å². The van der Waals surface area contributed by atoms with E-state index in [0.29, 0.717) is 28.7 Å². The molecule has 3 aromatic carbocycles. The molecule has 0 aliphatic carbocycles. The van der Waals surface area contributed by atoms with Gasteiger partial charge in [0.2, 0.25) is 5.95 Å². The summed E-state index contributed by atoms with van der Waals surface area (Å²) in [4.78, 5) is 22.2. The molecule has 36 heavy (non-hydrogen) atoms. The SMILES string of the molecule is COc1ccc(/C=C(/C(=O)Nc2ccc(Nc3nc(C)cc(C)n3)cc2)c2ccccc2)cc1OC. The van der Waals surface area contributed by atoms with Gasteiger partial charge in [-0.25, -0.2) is 9.97 Å². The quantitative estimate of drug-likeness (QED) is 0.236. The zero-order valence-corrected chi connectivity index (χ0v) is 20.7. The highest BCUT2D eigenvalue weighted by Gasteiger charge is 2.14. The second-order valence-electron chi connectivity index (χ2n) is 8.17. The lowest BCUT2D eigenvalue weighted by atomic mass is 10.0. The van der Waals surface area contributed by atoms with Gasteiger partial charge in [0, 0.05) is 28.3 Å². The molecule has 0 atom stereocenters. The van der Waals surface area contributed by atoms with Crippen LogP contribution in [-0.4, -0.2) is 30.1 Å². The van der Waals surface area contributed by atoms with E-state index in [-0.39, 0.29) is 5.91 Å². The molecule has 7 heteroatoms. The molecule has 0 unspecified atom stereocenters. The molecule has 4 aromatic rings. The summed E-state index contributed by atoms with van der Waals surface area (Å²) < 4.78 is 10.7. The molecule has 2 N–H and O–H groups in total. The Kier molecular flexibility index (Phi) is 7.60. The highest BCUT2D eigenvalue weighted by atomic mass is 16.5. The molecule has 0 aliphatic rings. The average Bonchev–Trinajstić information content (AvgIpc) is 2.88. The Hall–Kier alpha value is -4.65. The first-order valence-electron chi connectivity index (χ1n) is 11.4. The zero-order chi connectivity index (χ0) is 25.5. The number of hydrogen-bond donors (Lipinski definition) is 2. The molecule has 4 rings (SSSR count). The van der Waals surface area contributed by atoms with Crippen molar-refractivity contribution < 1.29 is 14.3 Å². The Labute approximate surface area is 210 Å². The molecule has 0 saturated heterocycles. The normalized spacial score (nSPS) is 11.1. The number of amides is 1. The molecule has 0 aliphatic heterocycles. The Morgan fingerprint density at radius 3 is 2.06 bits per heavy atom. The van der Waals surface area contributed by atoms with Gasteiger partial charge in [-0.05, 0) is 73.5 Å². The predicted octanol–water partition coefficient (Wildman–Crippen LogP) is 6.03. The Balaban J connectivity index is 1.57. The second-order valence-corrected chi connectivity index (χ2v) is 8.17. The van der Waals surface area contributed by atoms with Gasteiger partial charge in [0.15, 0.2) is 11.5 Å². The van der Waals surface area contributed by atoms with E-state index >= 15 is 0 Å². The van der Waals surface area contributed by atoms with Crippen LogP contribution in [0.2, 0.25) is 0 Å². The molecule has 7 nitrogen and oxygen atoms in total. The Morgan fingerprint density at radius 2 is 1.42 bits per heavy atom. The molecule has 0 bridgehead atoms. The van der Waals surface area contributed by atoms with Crippen molar-refractivity contribution in [3.63, 3.8) is 0 Å². The van der Waals surface area contributed by atoms with Crippen LogP contribution < -0.4 is 20.1 Å². The number of benzene rings is 3. The van der Waals surface area contributed by atoms with Crippen molar-refractivity contribution in [3.8, 4) is 11.5 Å². The smallest absolute Gasteiger partial charge is 0.256 e. The number of nitrogens with zero attached hydrogens (tertiary/aromatic N) is 2. The number of anilines is 3. The van der Waals surface area contributed by atoms with Gasteiger partial charge in [0.1, 0.15) is 0 Å². The van der Waals surface area contributed by atoms with Crippen LogP contribution in [0.3, 0.4) is 0 Å². The van der Waals surface area contributed by atoms with Crippen molar-refractivity contribution in [2.24, 2.45) is 0 Å². The first-order chi connectivity index (χ1) is 17.4. The van der Waals surface area contributed by atoms with E-state index in [1.54, 1.807) is 14.2 Å². The number of methoxy groups -OCH3 is 2. The summed E-state index contributed by atoms with van der Waals surface area (Å²) >= 11 is 0. The van der Waals surface area contributed by atoms with Crippen molar-refractivity contribution in [2.75, 3.05) is 24.9 Å². The minimum Gasteiger partial charge on any atom is -0.493 e. The van der Waals surface area contributed by atoms with Crippen LogP contribution in [0, 0.1) is 13.8 Å². The van der Waals surface area contributed by atoms with Crippen LogP contribution in [0.25, 0.3) is 11.6 Å². The summed E-state index contributed by atoms with van der Waals surface area (Å²) in [5.41, 5.74) is 5.41. The molecule has 0 radical (unpaired) electrons. The second kappa shape index (κ2) is 11.2. The first kappa shape index (κ1) is 24.5. The fourth-order valence-corrected chi connectivity index (χ4v) is 3.75. The lowest BCUT2D eigenvalue weighted by Crippen LogP contribution is -2.13. The predicted molar refractivity (Wildman–Crippen MR) is 144 cm³/mol. The van der Waals surface area contributed by atoms with Gasteiger partial charge < -0.3 is 20.1 Å². The highest BCUT2D eigenvalue weighted by Crippen LogP contribution is 2.30. The van der Waals surface area contributed by atoms with Gasteiger partial charge in [0.05, 0.1) is 14.2 Å². The molecule has 1 heterocycles. The molecule has 0 saturated carbocycles. The fraction of sp³-hybridized carbons (Fsp3) is 0.138. The van der Waals surface area contributed by atoms with Gasteiger partial charge >= 0.3 is 0 Å². The number of carbonyl (C=O) groups is 1. The maximum absolute atomic E-state index is 13.4. The Bertz CT molecular complexity index is 1360. The number of hydrogen-bond acceptors (Lipinski definition) is 6. The minimum absolute atomic E-state index is 0.227. The standard InChI is InChI=1S/C29H28N4O3/c1-19-16-20(2)31-29(30-19)33-24-13-11-23(12-14-24)32-28(34)25(22-8-6-5-7-9-22)17-21-10-15-26(35-3)27(18-21)36-4/h5-18H,1-4H3,(H,32,34)(H,30,31,33)/b25-17+. The third-order valence-corrected chi connectivity index (χ3v) is 5.43. The van der Waals surface area contributed by atoms with E-state index in [2.05, 4.69) is 20.6 Å². The lowest BCUT2D eigenvalue weighted by molar-refractivity contribution is -0.111. The topological polar surface area (TPSA) is 85.4 Å². The maximum atomic E-state index is 13.4. The number of rotatable bonds is 8. The molecule has 182 valence electrons. The third kappa shape index (κ3) is 6.07. The zero-order valence-electron chi connectivity index (χ0n) is 20.7. The molecular formula is C29H28N4O3. The molecule has 0 fully saturated rings. The summed E-state index contributed by atoms with van der Waals surface area (Å²) in [6.07, 6.45) is 1.83. The summed E-state index contributed by atoms with van der Waals surface area (Å²) in [5.74, 6) is 1.53. The minimum atomic E-state index is -0.227. The summed E-state index contributed by atoms with van der Waals surface area (Å²) in [5, 5.41) is 6.20. The monoisotopic (exact) mass is 480 g/mol. The van der Waals surface area contributed by atoms with Crippen molar-refractivity contribution in [3.05, 3.63) is 101 Å². The molecule has 1 aromatic heterocycles. The van der Waals surface area contributed by atoms with Crippen LogP contribution >= 0.6 is 0 Å². The van der Waals surface area contributed by atoms with E-state index in [9.17, 15) is 4.79 Å². The largest absolute Gasteiger partial charge is 0.493 e. The van der Waals surface area contributed by atoms with Gasteiger partial charge in [0.25, 0.3) is 5.91 Å². The van der Waals surface area contributed by atoms with Crippen molar-refractivity contribution in [1.82, 2.24) is 9.97 Å². The van der Waals surface area contributed by atoms with Crippen molar-refractivity contribution in [2.45, 2.75) is 13.8 Å². The van der Waals surface area contributed by atoms with E-state index < -0.39 is 0 Å². The number of aryl methyl sites for hydroxylation is 2. The number of nitrogens with one attached hydrogen (secondary N) is 2. The van der Waals surface area contributed by atoms with Crippen LogP contribution in [0.4, 0.5) is 17.3 Å². The summed E-state index contributed by atoms with van der Waals surface area (Å²) in [6, 6.07) is 24.4. The lowest BCUT2D eigenvalue weighted by Gasteiger charge is -2.12. The number of ether oxygens (including phenoxy) is 2. The van der Waals surface area contributed by atoms with E-state index in [4.69, 9.17) is 9.47 Å². The summed E-state index contributed by atoms with van der Waals surface area (Å²) in [7, 11) is 3.17. The number of carbonyl (C=O) groups excluding carboxylic acids is 1. The van der Waals surface area contributed by atoms with Crippen molar-refractivity contribution >= 4 is 34.9 Å². The van der Waals surface area contributed by atoms with Gasteiger partial charge in [-0.15, -0.1) is 0 Å². The van der Waals surface area contributed by atoms with Crippen LogP contribution in [0.15, 0.2) is 78.9 Å². The van der Waals surface area contributed by atoms with Crippen LogP contribution in [-0.2, 0) is 4.79 Å². The molecule has 0 spiro atoms. The van der Waals surface area contributed by atoms with E-state index in [1.807, 2.05) is 98.8 Å². The van der Waals surface area contributed by atoms with Crippen LogP contribution in [0.1, 0.15) is 22.5 Å². The van der Waals surface area contributed by atoms with Gasteiger partial charge in [-0.3, -0.25) is 4.79 Å².